The molecule has 10 heteroatoms. The van der Waals surface area contributed by atoms with Crippen molar-refractivity contribution < 1.29 is 31.1 Å². The third-order valence-corrected chi connectivity index (χ3v) is 2.41. The van der Waals surface area contributed by atoms with Crippen molar-refractivity contribution in [2.45, 2.75) is 24.7 Å². The van der Waals surface area contributed by atoms with E-state index in [1.165, 1.54) is 6.92 Å². The number of halogens is 6. The van der Waals surface area contributed by atoms with Gasteiger partial charge in [0, 0.05) is 12.3 Å². The fourth-order valence-corrected chi connectivity index (χ4v) is 1.33. The number of rotatable bonds is 6. The molecule has 0 aliphatic carbocycles. The number of nitrogens with one attached hydrogen (secondary N) is 2. The van der Waals surface area contributed by atoms with Crippen LogP contribution in [-0.4, -0.2) is 42.5 Å². The van der Waals surface area contributed by atoms with E-state index in [1.54, 1.807) is 5.32 Å². The molecule has 0 radical (unpaired) electrons. The summed E-state index contributed by atoms with van der Waals surface area (Å²) in [5.74, 6) is -1.23. The van der Waals surface area contributed by atoms with Crippen LogP contribution in [-0.2, 0) is 4.79 Å². The maximum atomic E-state index is 11.8. The van der Waals surface area contributed by atoms with Gasteiger partial charge in [0.1, 0.15) is 6.54 Å². The quantitative estimate of drug-likeness (QED) is 0.581. The molecule has 1 unspecified atom stereocenters. The molecule has 0 bridgehead atoms. The Labute approximate surface area is 104 Å². The van der Waals surface area contributed by atoms with Crippen LogP contribution in [0.3, 0.4) is 0 Å². The zero-order valence-electron chi connectivity index (χ0n) is 9.28. The van der Waals surface area contributed by atoms with Crippen LogP contribution >= 0.6 is 11.8 Å². The molecule has 0 fully saturated rings. The largest absolute Gasteiger partial charge is 0.441 e. The fraction of sp³-hybridized carbons (Fsp3) is 0.875. The lowest BCUT2D eigenvalue weighted by Gasteiger charge is -2.15. The molecular weight excluding hydrogens is 286 g/mol. The zero-order valence-corrected chi connectivity index (χ0v) is 10.1. The molecule has 0 aliphatic heterocycles. The minimum Gasteiger partial charge on any atom is -0.346 e. The van der Waals surface area contributed by atoms with Crippen LogP contribution in [0.1, 0.15) is 6.92 Å². The van der Waals surface area contributed by atoms with E-state index in [1.807, 2.05) is 0 Å². The van der Waals surface area contributed by atoms with E-state index in [-0.39, 0.29) is 24.1 Å². The first kappa shape index (κ1) is 17.4. The van der Waals surface area contributed by atoms with E-state index >= 15 is 0 Å². The van der Waals surface area contributed by atoms with Crippen LogP contribution in [0.25, 0.3) is 0 Å². The van der Waals surface area contributed by atoms with Gasteiger partial charge in [-0.3, -0.25) is 4.79 Å². The van der Waals surface area contributed by atoms with Crippen molar-refractivity contribution in [3.8, 4) is 0 Å². The van der Waals surface area contributed by atoms with Gasteiger partial charge in [-0.2, -0.15) is 26.3 Å². The van der Waals surface area contributed by atoms with Crippen molar-refractivity contribution in [3.05, 3.63) is 0 Å². The normalized spacial score (nSPS) is 14.4. The first-order chi connectivity index (χ1) is 8.01. The molecule has 0 saturated carbocycles. The molecule has 1 atom stereocenters. The highest BCUT2D eigenvalue weighted by Gasteiger charge is 2.29. The van der Waals surface area contributed by atoms with Gasteiger partial charge in [-0.25, -0.2) is 0 Å². The van der Waals surface area contributed by atoms with Gasteiger partial charge in [0.05, 0.1) is 6.04 Å². The summed E-state index contributed by atoms with van der Waals surface area (Å²) < 4.78 is 70.4. The van der Waals surface area contributed by atoms with Gasteiger partial charge < -0.3 is 10.6 Å². The van der Waals surface area contributed by atoms with Gasteiger partial charge in [-0.15, -0.1) is 0 Å². The first-order valence-electron chi connectivity index (χ1n) is 4.80. The Bertz CT molecular complexity index is 267. The maximum absolute atomic E-state index is 11.8. The number of alkyl halides is 6. The number of amides is 1. The number of carbonyl (C=O) groups excluding carboxylic acids is 1. The fourth-order valence-electron chi connectivity index (χ4n) is 0.875. The second kappa shape index (κ2) is 7.07. The molecule has 0 saturated heterocycles. The van der Waals surface area contributed by atoms with Gasteiger partial charge in [-0.05, 0) is 18.7 Å². The summed E-state index contributed by atoms with van der Waals surface area (Å²) in [6.07, 6.45) is -4.51. The molecule has 0 aromatic rings. The standard InChI is InChI=1S/C8H12F6N2OS/c1-5(6(17)16-4-7(9,10)11)15-2-3-18-8(12,13)14/h5,15H,2-4H2,1H3,(H,16,17). The topological polar surface area (TPSA) is 41.1 Å². The van der Waals surface area contributed by atoms with Crippen LogP contribution in [0.15, 0.2) is 0 Å². The molecule has 0 heterocycles. The molecular formula is C8H12F6N2OS. The SMILES string of the molecule is CC(NCCSC(F)(F)F)C(=O)NCC(F)(F)F. The van der Waals surface area contributed by atoms with E-state index in [0.717, 1.165) is 0 Å². The number of hydrogen-bond acceptors (Lipinski definition) is 3. The summed E-state index contributed by atoms with van der Waals surface area (Å²) >= 11 is -0.269. The van der Waals surface area contributed by atoms with Crippen LogP contribution < -0.4 is 10.6 Å². The summed E-state index contributed by atoms with van der Waals surface area (Å²) in [7, 11) is 0. The van der Waals surface area contributed by atoms with Crippen molar-refractivity contribution in [2.24, 2.45) is 0 Å². The van der Waals surface area contributed by atoms with Crippen molar-refractivity contribution >= 4 is 17.7 Å². The summed E-state index contributed by atoms with van der Waals surface area (Å²) in [5, 5.41) is 4.02. The minimum absolute atomic E-state index is 0.134. The number of thioether (sulfide) groups is 1. The molecule has 0 aromatic heterocycles. The zero-order chi connectivity index (χ0) is 14.4. The lowest BCUT2D eigenvalue weighted by molar-refractivity contribution is -0.139. The van der Waals surface area contributed by atoms with E-state index in [0.29, 0.717) is 0 Å². The Kier molecular flexibility index (Phi) is 6.82. The maximum Gasteiger partial charge on any atom is 0.441 e. The lowest BCUT2D eigenvalue weighted by Crippen LogP contribution is -2.45. The Morgan fingerprint density at radius 1 is 1.22 bits per heavy atom. The molecule has 0 spiro atoms. The molecule has 2 N–H and O–H groups in total. The lowest BCUT2D eigenvalue weighted by atomic mass is 10.3. The predicted molar refractivity (Wildman–Crippen MR) is 55.0 cm³/mol. The number of carbonyl (C=O) groups is 1. The van der Waals surface area contributed by atoms with E-state index in [9.17, 15) is 31.1 Å². The number of hydrogen-bond donors (Lipinski definition) is 2. The summed E-state index contributed by atoms with van der Waals surface area (Å²) in [4.78, 5) is 11.1. The van der Waals surface area contributed by atoms with Gasteiger partial charge in [0.25, 0.3) is 0 Å². The Hall–Kier alpha value is -0.640. The van der Waals surface area contributed by atoms with E-state index < -0.39 is 30.2 Å². The average molecular weight is 298 g/mol. The Morgan fingerprint density at radius 2 is 1.78 bits per heavy atom. The van der Waals surface area contributed by atoms with Crippen molar-refractivity contribution in [1.29, 1.82) is 0 Å². The Morgan fingerprint density at radius 3 is 2.22 bits per heavy atom. The summed E-state index contributed by atoms with van der Waals surface area (Å²) in [6.45, 7) is -0.329. The highest BCUT2D eigenvalue weighted by atomic mass is 32.2. The Balaban J connectivity index is 3.75. The van der Waals surface area contributed by atoms with Crippen LogP contribution in [0, 0.1) is 0 Å². The summed E-state index contributed by atoms with van der Waals surface area (Å²) in [6, 6.07) is -0.985. The molecule has 108 valence electrons. The first-order valence-corrected chi connectivity index (χ1v) is 5.78. The predicted octanol–water partition coefficient (Wildman–Crippen LogP) is 1.90. The van der Waals surface area contributed by atoms with Crippen LogP contribution in [0.2, 0.25) is 0 Å². The molecule has 0 aromatic carbocycles. The second-order valence-electron chi connectivity index (χ2n) is 3.30. The van der Waals surface area contributed by atoms with Crippen LogP contribution in [0.4, 0.5) is 26.3 Å². The van der Waals surface area contributed by atoms with Gasteiger partial charge in [0.15, 0.2) is 0 Å². The monoisotopic (exact) mass is 298 g/mol. The summed E-state index contributed by atoms with van der Waals surface area (Å²) in [5.41, 5.74) is -4.36. The minimum atomic E-state index is -4.51. The van der Waals surface area contributed by atoms with Crippen LogP contribution in [0.5, 0.6) is 0 Å². The van der Waals surface area contributed by atoms with Crippen molar-refractivity contribution in [1.82, 2.24) is 10.6 Å². The van der Waals surface area contributed by atoms with Gasteiger partial charge in [-0.1, -0.05) is 0 Å². The molecule has 0 rings (SSSR count). The van der Waals surface area contributed by atoms with Crippen molar-refractivity contribution in [2.75, 3.05) is 18.8 Å². The highest BCUT2D eigenvalue weighted by molar-refractivity contribution is 8.00. The molecule has 0 aliphatic rings. The van der Waals surface area contributed by atoms with E-state index in [2.05, 4.69) is 5.32 Å². The molecule has 1 amide bonds. The molecule has 18 heavy (non-hydrogen) atoms. The third kappa shape index (κ3) is 10.5. The molecule has 3 nitrogen and oxygen atoms in total. The van der Waals surface area contributed by atoms with Gasteiger partial charge >= 0.3 is 11.7 Å². The third-order valence-electron chi connectivity index (χ3n) is 1.67. The van der Waals surface area contributed by atoms with Crippen molar-refractivity contribution in [3.63, 3.8) is 0 Å². The second-order valence-corrected chi connectivity index (χ2v) is 4.46. The highest BCUT2D eigenvalue weighted by Crippen LogP contribution is 2.29. The smallest absolute Gasteiger partial charge is 0.346 e. The van der Waals surface area contributed by atoms with E-state index in [4.69, 9.17) is 0 Å². The van der Waals surface area contributed by atoms with Gasteiger partial charge in [0.2, 0.25) is 5.91 Å². The average Bonchev–Trinajstić information content (AvgIpc) is 2.18.